The summed E-state index contributed by atoms with van der Waals surface area (Å²) in [5.41, 5.74) is 1.99. The molecule has 96 valence electrons. The first-order valence-electron chi connectivity index (χ1n) is 6.05. The molecule has 0 aliphatic carbocycles. The second-order valence-corrected chi connectivity index (χ2v) is 6.55. The van der Waals surface area contributed by atoms with E-state index in [2.05, 4.69) is 45.1 Å². The Bertz CT molecular complexity index is 562. The molecule has 2 nitrogen and oxygen atoms in total. The molecule has 18 heavy (non-hydrogen) atoms. The topological polar surface area (TPSA) is 22.0 Å². The number of nitrogens with zero attached hydrogens (tertiary/aromatic N) is 1. The Morgan fingerprint density at radius 3 is 2.83 bits per heavy atom. The molecule has 0 saturated heterocycles. The predicted molar refractivity (Wildman–Crippen MR) is 87.3 cm³/mol. The molecule has 0 fully saturated rings. The first kappa shape index (κ1) is 13.9. The smallest absolute Gasteiger partial charge is 0.162 e. The number of halogens is 1. The number of aromatic nitrogens is 1. The van der Waals surface area contributed by atoms with Gasteiger partial charge in [0, 0.05) is 53.9 Å². The van der Waals surface area contributed by atoms with Crippen LogP contribution in [0.5, 0.6) is 0 Å². The van der Waals surface area contributed by atoms with Crippen LogP contribution in [0.2, 0.25) is 0 Å². The molecule has 0 bridgehead atoms. The lowest BCUT2D eigenvalue weighted by Crippen LogP contribution is -2.01. The zero-order valence-corrected chi connectivity index (χ0v) is 13.5. The summed E-state index contributed by atoms with van der Waals surface area (Å²) < 4.78 is 2.10. The van der Waals surface area contributed by atoms with Gasteiger partial charge in [0.05, 0.1) is 5.52 Å². The van der Waals surface area contributed by atoms with Crippen molar-refractivity contribution < 1.29 is 4.79 Å². The van der Waals surface area contributed by atoms with E-state index in [9.17, 15) is 4.79 Å². The highest BCUT2D eigenvalue weighted by atomic mass is 127. The van der Waals surface area contributed by atoms with E-state index in [0.717, 1.165) is 22.9 Å². The van der Waals surface area contributed by atoms with Crippen LogP contribution < -0.4 is 0 Å². The van der Waals surface area contributed by atoms with Crippen molar-refractivity contribution in [3.05, 3.63) is 36.0 Å². The minimum absolute atomic E-state index is 0.250. The second kappa shape index (κ2) is 6.10. The van der Waals surface area contributed by atoms with Crippen LogP contribution in [0.3, 0.4) is 0 Å². The summed E-state index contributed by atoms with van der Waals surface area (Å²) in [5, 5.41) is 1.13. The molecule has 0 unspecified atom stereocenters. The van der Waals surface area contributed by atoms with Gasteiger partial charge in [-0.25, -0.2) is 0 Å². The van der Waals surface area contributed by atoms with E-state index in [0.29, 0.717) is 12.3 Å². The lowest BCUT2D eigenvalue weighted by Gasteiger charge is -2.05. The van der Waals surface area contributed by atoms with E-state index in [1.165, 1.54) is 0 Å². The van der Waals surface area contributed by atoms with Gasteiger partial charge in [0.1, 0.15) is 0 Å². The van der Waals surface area contributed by atoms with Gasteiger partial charge in [0.25, 0.3) is 0 Å². The zero-order chi connectivity index (χ0) is 13.1. The summed E-state index contributed by atoms with van der Waals surface area (Å²) in [7, 11) is 1.64. The van der Waals surface area contributed by atoms with Crippen molar-refractivity contribution >= 4 is 47.0 Å². The van der Waals surface area contributed by atoms with Crippen LogP contribution in [0.25, 0.3) is 10.9 Å². The Morgan fingerprint density at radius 2 is 2.17 bits per heavy atom. The van der Waals surface area contributed by atoms with E-state index in [1.807, 2.05) is 24.4 Å². The van der Waals surface area contributed by atoms with E-state index < -0.39 is 0 Å². The summed E-state index contributed by atoms with van der Waals surface area (Å²) in [4.78, 5) is 12.1. The molecule has 4 heteroatoms. The molecular weight excluding hydrogens is 357 g/mol. The third-order valence-corrected chi connectivity index (χ3v) is 4.74. The maximum atomic E-state index is 12.1. The van der Waals surface area contributed by atoms with Gasteiger partial charge in [0.15, 0.2) is 5.78 Å². The quantitative estimate of drug-likeness (QED) is 0.537. The van der Waals surface area contributed by atoms with Crippen LogP contribution in [-0.2, 0) is 0 Å². The third kappa shape index (κ3) is 3.09. The van der Waals surface area contributed by atoms with Crippen molar-refractivity contribution in [1.82, 2.24) is 3.97 Å². The molecule has 1 heterocycles. The Labute approximate surface area is 124 Å². The van der Waals surface area contributed by atoms with Crippen molar-refractivity contribution in [3.8, 4) is 0 Å². The largest absolute Gasteiger partial charge is 0.294 e. The van der Waals surface area contributed by atoms with Gasteiger partial charge in [0.2, 0.25) is 0 Å². The zero-order valence-electron chi connectivity index (χ0n) is 10.5. The number of carbonyl (C=O) groups excluding carboxylic acids is 1. The summed E-state index contributed by atoms with van der Waals surface area (Å²) in [6, 6.07) is 8.03. The SMILES string of the molecule is CC(C)CCC(=O)c1ccc2c(ccn2SI)c1. The van der Waals surface area contributed by atoms with Crippen LogP contribution in [0, 0.1) is 5.92 Å². The highest BCUT2D eigenvalue weighted by Crippen LogP contribution is 2.26. The van der Waals surface area contributed by atoms with Crippen LogP contribution in [0.1, 0.15) is 37.0 Å². The van der Waals surface area contributed by atoms with Gasteiger partial charge < -0.3 is 0 Å². The van der Waals surface area contributed by atoms with Crippen LogP contribution in [0.4, 0.5) is 0 Å². The highest BCUT2D eigenvalue weighted by molar-refractivity contribution is 14.2. The Balaban J connectivity index is 2.22. The van der Waals surface area contributed by atoms with Gasteiger partial charge in [-0.15, -0.1) is 0 Å². The molecule has 2 rings (SSSR count). The summed E-state index contributed by atoms with van der Waals surface area (Å²) >= 11 is 2.25. The lowest BCUT2D eigenvalue weighted by atomic mass is 10.0. The third-order valence-electron chi connectivity index (χ3n) is 3.00. The number of carbonyl (C=O) groups is 1. The fraction of sp³-hybridized carbons (Fsp3) is 0.357. The molecule has 0 N–H and O–H groups in total. The number of rotatable bonds is 5. The van der Waals surface area contributed by atoms with Crippen molar-refractivity contribution in [2.75, 3.05) is 0 Å². The summed E-state index contributed by atoms with van der Waals surface area (Å²) in [6.45, 7) is 4.29. The van der Waals surface area contributed by atoms with Crippen LogP contribution in [-0.4, -0.2) is 9.76 Å². The molecule has 0 atom stereocenters. The molecule has 0 aliphatic rings. The lowest BCUT2D eigenvalue weighted by molar-refractivity contribution is 0.0975. The van der Waals surface area contributed by atoms with Crippen molar-refractivity contribution in [2.45, 2.75) is 26.7 Å². The number of hydrogen-bond donors (Lipinski definition) is 0. The van der Waals surface area contributed by atoms with Crippen LogP contribution >= 0.6 is 30.3 Å². The van der Waals surface area contributed by atoms with Crippen molar-refractivity contribution in [2.24, 2.45) is 5.92 Å². The fourth-order valence-corrected chi connectivity index (χ4v) is 3.29. The molecule has 1 aromatic heterocycles. The monoisotopic (exact) mass is 373 g/mol. The average molecular weight is 373 g/mol. The van der Waals surface area contributed by atoms with Gasteiger partial charge in [-0.2, -0.15) is 0 Å². The number of benzene rings is 1. The molecule has 0 amide bonds. The molecule has 0 saturated carbocycles. The molecular formula is C14H16INOS. The Hall–Kier alpha value is -0.490. The maximum Gasteiger partial charge on any atom is 0.162 e. The van der Waals surface area contributed by atoms with Crippen molar-refractivity contribution in [3.63, 3.8) is 0 Å². The molecule has 0 radical (unpaired) electrons. The average Bonchev–Trinajstić information content (AvgIpc) is 2.77. The first-order valence-corrected chi connectivity index (χ1v) is 9.37. The van der Waals surface area contributed by atoms with E-state index in [1.54, 1.807) is 9.12 Å². The number of hydrogen-bond acceptors (Lipinski definition) is 2. The predicted octanol–water partition coefficient (Wildman–Crippen LogP) is 5.11. The summed E-state index contributed by atoms with van der Waals surface area (Å²) in [6.07, 6.45) is 3.64. The number of Topliss-reactive ketones (excluding diaryl/α,β-unsaturated/α-hetero) is 1. The number of ketones is 1. The fourth-order valence-electron chi connectivity index (χ4n) is 1.91. The molecule has 2 aromatic rings. The van der Waals surface area contributed by atoms with E-state index >= 15 is 0 Å². The van der Waals surface area contributed by atoms with E-state index in [-0.39, 0.29) is 5.78 Å². The first-order chi connectivity index (χ1) is 8.61. The van der Waals surface area contributed by atoms with Gasteiger partial charge in [-0.3, -0.25) is 8.77 Å². The number of fused-ring (bicyclic) bond motifs is 1. The van der Waals surface area contributed by atoms with Crippen molar-refractivity contribution in [1.29, 1.82) is 0 Å². The molecule has 0 spiro atoms. The Kier molecular flexibility index (Phi) is 4.72. The highest BCUT2D eigenvalue weighted by Gasteiger charge is 2.09. The van der Waals surface area contributed by atoms with Gasteiger partial charge in [-0.1, -0.05) is 13.8 Å². The summed E-state index contributed by atoms with van der Waals surface area (Å²) in [5.74, 6) is 0.828. The Morgan fingerprint density at radius 1 is 1.39 bits per heavy atom. The molecule has 1 aromatic carbocycles. The van der Waals surface area contributed by atoms with Gasteiger partial charge in [-0.05, 0) is 36.6 Å². The standard InChI is InChI=1S/C14H16INOS/c1-10(2)3-6-14(17)12-4-5-13-11(9-12)7-8-16(13)18-15/h4-5,7-10H,3,6H2,1-2H3. The minimum Gasteiger partial charge on any atom is -0.294 e. The maximum absolute atomic E-state index is 12.1. The van der Waals surface area contributed by atoms with Crippen LogP contribution in [0.15, 0.2) is 30.5 Å². The normalized spacial score (nSPS) is 11.3. The molecule has 0 aliphatic heterocycles. The second-order valence-electron chi connectivity index (χ2n) is 4.84. The van der Waals surface area contributed by atoms with Gasteiger partial charge >= 0.3 is 0 Å². The minimum atomic E-state index is 0.250. The van der Waals surface area contributed by atoms with E-state index in [4.69, 9.17) is 0 Å².